The lowest BCUT2D eigenvalue weighted by atomic mass is 9.93. The minimum absolute atomic E-state index is 0.00748. The van der Waals surface area contributed by atoms with E-state index < -0.39 is 0 Å². The molecule has 2 amide bonds. The Morgan fingerprint density at radius 3 is 2.96 bits per heavy atom. The molecule has 1 aliphatic rings. The number of aliphatic hydroxyl groups excluding tert-OH is 1. The molecule has 1 heterocycles. The molecule has 0 saturated carbocycles. The van der Waals surface area contributed by atoms with Crippen LogP contribution >= 0.6 is 0 Å². The molecule has 6 heteroatoms. The van der Waals surface area contributed by atoms with Gasteiger partial charge in [0.2, 0.25) is 0 Å². The van der Waals surface area contributed by atoms with Crippen molar-refractivity contribution in [1.82, 2.24) is 20.0 Å². The third-order valence-corrected chi connectivity index (χ3v) is 4.55. The first-order valence-corrected chi connectivity index (χ1v) is 8.40. The van der Waals surface area contributed by atoms with Crippen LogP contribution in [-0.4, -0.2) is 39.0 Å². The number of aromatic nitrogens is 2. The third kappa shape index (κ3) is 3.59. The van der Waals surface area contributed by atoms with E-state index in [-0.39, 0.29) is 18.7 Å². The summed E-state index contributed by atoms with van der Waals surface area (Å²) < 4.78 is 1.89. The minimum atomic E-state index is -0.144. The molecule has 2 N–H and O–H groups in total. The molecule has 0 spiro atoms. The van der Waals surface area contributed by atoms with Gasteiger partial charge in [0.25, 0.3) is 0 Å². The number of aliphatic hydroxyl groups is 1. The summed E-state index contributed by atoms with van der Waals surface area (Å²) in [7, 11) is 1.94. The minimum Gasteiger partial charge on any atom is -0.395 e. The van der Waals surface area contributed by atoms with Crippen LogP contribution in [0.2, 0.25) is 0 Å². The predicted molar refractivity (Wildman–Crippen MR) is 91.4 cm³/mol. The maximum Gasteiger partial charge on any atom is 0.318 e. The van der Waals surface area contributed by atoms with Crippen molar-refractivity contribution in [1.29, 1.82) is 0 Å². The third-order valence-electron chi connectivity index (χ3n) is 4.55. The van der Waals surface area contributed by atoms with Crippen molar-refractivity contribution in [2.24, 2.45) is 7.05 Å². The van der Waals surface area contributed by atoms with Crippen molar-refractivity contribution in [2.75, 3.05) is 13.2 Å². The van der Waals surface area contributed by atoms with Crippen LogP contribution in [0.25, 0.3) is 0 Å². The first-order valence-electron chi connectivity index (χ1n) is 8.40. The SMILES string of the molecule is Cn1ncc2c1CCC[C@H]2NC(=O)N(CCO)Cc1ccccc1. The van der Waals surface area contributed by atoms with E-state index in [9.17, 15) is 9.90 Å². The average Bonchev–Trinajstić information content (AvgIpc) is 2.98. The fourth-order valence-corrected chi connectivity index (χ4v) is 3.27. The summed E-state index contributed by atoms with van der Waals surface area (Å²) in [5.41, 5.74) is 3.36. The second kappa shape index (κ2) is 7.49. The highest BCUT2D eigenvalue weighted by Gasteiger charge is 2.26. The lowest BCUT2D eigenvalue weighted by molar-refractivity contribution is 0.169. The van der Waals surface area contributed by atoms with E-state index in [1.54, 1.807) is 4.90 Å². The summed E-state index contributed by atoms with van der Waals surface area (Å²) in [4.78, 5) is 14.4. The van der Waals surface area contributed by atoms with Gasteiger partial charge in [-0.25, -0.2) is 4.79 Å². The fourth-order valence-electron chi connectivity index (χ4n) is 3.27. The van der Waals surface area contributed by atoms with Gasteiger partial charge in [0.15, 0.2) is 0 Å². The first kappa shape index (κ1) is 16.5. The number of urea groups is 1. The Labute approximate surface area is 142 Å². The number of hydrogen-bond acceptors (Lipinski definition) is 3. The van der Waals surface area contributed by atoms with Crippen LogP contribution in [0, 0.1) is 0 Å². The van der Waals surface area contributed by atoms with Gasteiger partial charge in [0.1, 0.15) is 0 Å². The Balaban J connectivity index is 1.70. The van der Waals surface area contributed by atoms with E-state index in [0.717, 1.165) is 30.4 Å². The smallest absolute Gasteiger partial charge is 0.318 e. The molecule has 1 atom stereocenters. The number of carbonyl (C=O) groups is 1. The van der Waals surface area contributed by atoms with Crippen molar-refractivity contribution in [3.63, 3.8) is 0 Å². The van der Waals surface area contributed by atoms with Gasteiger partial charge in [-0.3, -0.25) is 4.68 Å². The number of amides is 2. The maximum absolute atomic E-state index is 12.7. The maximum atomic E-state index is 12.7. The number of nitrogens with zero attached hydrogens (tertiary/aromatic N) is 3. The van der Waals surface area contributed by atoms with Crippen LogP contribution in [0.5, 0.6) is 0 Å². The molecule has 24 heavy (non-hydrogen) atoms. The second-order valence-electron chi connectivity index (χ2n) is 6.20. The molecule has 128 valence electrons. The van der Waals surface area contributed by atoms with E-state index in [1.807, 2.05) is 48.3 Å². The van der Waals surface area contributed by atoms with Gasteiger partial charge < -0.3 is 15.3 Å². The van der Waals surface area contributed by atoms with Crippen molar-refractivity contribution < 1.29 is 9.90 Å². The average molecular weight is 328 g/mol. The van der Waals surface area contributed by atoms with Gasteiger partial charge >= 0.3 is 6.03 Å². The normalized spacial score (nSPS) is 16.5. The number of hydrogen-bond donors (Lipinski definition) is 2. The highest BCUT2D eigenvalue weighted by Crippen LogP contribution is 2.29. The molecule has 1 aromatic carbocycles. The van der Waals surface area contributed by atoms with Crippen molar-refractivity contribution >= 4 is 6.03 Å². The van der Waals surface area contributed by atoms with Crippen molar-refractivity contribution in [3.8, 4) is 0 Å². The Kier molecular flexibility index (Phi) is 5.15. The standard InChI is InChI=1S/C18H24N4O2/c1-21-17-9-5-8-16(15(17)12-19-21)20-18(24)22(10-11-23)13-14-6-3-2-4-7-14/h2-4,6-7,12,16,23H,5,8-11,13H2,1H3,(H,20,24)/t16-/m1/s1. The molecule has 0 bridgehead atoms. The molecule has 0 radical (unpaired) electrons. The lowest BCUT2D eigenvalue weighted by Crippen LogP contribution is -2.43. The molecule has 2 aromatic rings. The summed E-state index contributed by atoms with van der Waals surface area (Å²) >= 11 is 0. The molecule has 1 aromatic heterocycles. The van der Waals surface area contributed by atoms with Gasteiger partial charge in [-0.2, -0.15) is 5.10 Å². The van der Waals surface area contributed by atoms with E-state index in [1.165, 1.54) is 5.69 Å². The number of benzene rings is 1. The highest BCUT2D eigenvalue weighted by atomic mass is 16.3. The fraction of sp³-hybridized carbons (Fsp3) is 0.444. The van der Waals surface area contributed by atoms with Gasteiger partial charge in [-0.05, 0) is 24.8 Å². The molecule has 6 nitrogen and oxygen atoms in total. The summed E-state index contributed by atoms with van der Waals surface area (Å²) in [5, 5.41) is 16.7. The topological polar surface area (TPSA) is 70.4 Å². The van der Waals surface area contributed by atoms with Crippen LogP contribution in [0.4, 0.5) is 4.79 Å². The molecule has 0 saturated heterocycles. The summed E-state index contributed by atoms with van der Waals surface area (Å²) in [6.45, 7) is 0.746. The van der Waals surface area contributed by atoms with Crippen molar-refractivity contribution in [2.45, 2.75) is 31.8 Å². The molecular weight excluding hydrogens is 304 g/mol. The van der Waals surface area contributed by atoms with Gasteiger partial charge in [0.05, 0.1) is 18.8 Å². The summed E-state index contributed by atoms with van der Waals surface area (Å²) in [6.07, 6.45) is 4.81. The Morgan fingerprint density at radius 2 is 2.21 bits per heavy atom. The summed E-state index contributed by atoms with van der Waals surface area (Å²) in [6, 6.07) is 9.67. The van der Waals surface area contributed by atoms with Crippen LogP contribution in [0.1, 0.15) is 35.7 Å². The van der Waals surface area contributed by atoms with Gasteiger partial charge in [0, 0.05) is 31.4 Å². The molecular formula is C18H24N4O2. The predicted octanol–water partition coefficient (Wildman–Crippen LogP) is 2.00. The number of rotatable bonds is 5. The van der Waals surface area contributed by atoms with Crippen LogP contribution in [0.15, 0.2) is 36.5 Å². The number of carbonyl (C=O) groups excluding carboxylic acids is 1. The molecule has 0 aliphatic heterocycles. The highest BCUT2D eigenvalue weighted by molar-refractivity contribution is 5.74. The van der Waals surface area contributed by atoms with Crippen LogP contribution in [0.3, 0.4) is 0 Å². The quantitative estimate of drug-likeness (QED) is 0.882. The van der Waals surface area contributed by atoms with Crippen LogP contribution < -0.4 is 5.32 Å². The number of aryl methyl sites for hydroxylation is 1. The largest absolute Gasteiger partial charge is 0.395 e. The lowest BCUT2D eigenvalue weighted by Gasteiger charge is -2.28. The van der Waals surface area contributed by atoms with Gasteiger partial charge in [-0.15, -0.1) is 0 Å². The Bertz CT molecular complexity index is 684. The van der Waals surface area contributed by atoms with E-state index >= 15 is 0 Å². The molecule has 0 unspecified atom stereocenters. The first-order chi connectivity index (χ1) is 11.7. The van der Waals surface area contributed by atoms with Crippen LogP contribution in [-0.2, 0) is 20.0 Å². The molecule has 3 rings (SSSR count). The van der Waals surface area contributed by atoms with Crippen molar-refractivity contribution in [3.05, 3.63) is 53.3 Å². The second-order valence-corrected chi connectivity index (χ2v) is 6.20. The van der Waals surface area contributed by atoms with Gasteiger partial charge in [-0.1, -0.05) is 30.3 Å². The number of fused-ring (bicyclic) bond motifs is 1. The van der Waals surface area contributed by atoms with E-state index in [4.69, 9.17) is 0 Å². The van der Waals surface area contributed by atoms with E-state index in [2.05, 4.69) is 10.4 Å². The molecule has 1 aliphatic carbocycles. The summed E-state index contributed by atoms with van der Waals surface area (Å²) in [5.74, 6) is 0. The zero-order chi connectivity index (χ0) is 16.9. The zero-order valence-corrected chi connectivity index (χ0v) is 14.0. The monoisotopic (exact) mass is 328 g/mol. The number of nitrogens with one attached hydrogen (secondary N) is 1. The Morgan fingerprint density at radius 1 is 1.42 bits per heavy atom. The molecule has 0 fully saturated rings. The Hall–Kier alpha value is -2.34. The zero-order valence-electron chi connectivity index (χ0n) is 14.0. The van der Waals surface area contributed by atoms with E-state index in [0.29, 0.717) is 13.1 Å².